The number of hydrogen-bond acceptors (Lipinski definition) is 2. The minimum absolute atomic E-state index is 0.182. The topological polar surface area (TPSA) is 33.1 Å². The summed E-state index contributed by atoms with van der Waals surface area (Å²) < 4.78 is 0. The van der Waals surface area contributed by atoms with Crippen LogP contribution in [0, 0.1) is 6.92 Å². The predicted octanol–water partition coefficient (Wildman–Crippen LogP) is 2.41. The van der Waals surface area contributed by atoms with Crippen molar-refractivity contribution >= 4 is 0 Å². The molecule has 0 radical (unpaired) electrons. The Morgan fingerprint density at radius 1 is 1.36 bits per heavy atom. The second-order valence-corrected chi connectivity index (χ2v) is 4.22. The van der Waals surface area contributed by atoms with E-state index in [1.165, 1.54) is 12.0 Å². The van der Waals surface area contributed by atoms with Crippen LogP contribution >= 0.6 is 0 Å². The first kappa shape index (κ1) is 9.66. The number of hydrogen-bond donors (Lipinski definition) is 1. The van der Waals surface area contributed by atoms with Crippen LogP contribution < -0.4 is 0 Å². The van der Waals surface area contributed by atoms with Gasteiger partial charge < -0.3 is 5.11 Å². The van der Waals surface area contributed by atoms with E-state index in [2.05, 4.69) is 18.0 Å². The Morgan fingerprint density at radius 3 is 2.86 bits per heavy atom. The lowest BCUT2D eigenvalue weighted by Gasteiger charge is -2.27. The van der Waals surface area contributed by atoms with E-state index in [-0.39, 0.29) is 12.0 Å². The highest BCUT2D eigenvalue weighted by Gasteiger charge is 2.25. The molecular weight excluding hydrogens is 174 g/mol. The summed E-state index contributed by atoms with van der Waals surface area (Å²) in [5, 5.41) is 9.87. The van der Waals surface area contributed by atoms with Gasteiger partial charge in [0.1, 0.15) is 0 Å². The van der Waals surface area contributed by atoms with Crippen LogP contribution in [0.2, 0.25) is 0 Å². The van der Waals surface area contributed by atoms with Gasteiger partial charge in [-0.3, -0.25) is 4.98 Å². The third-order valence-electron chi connectivity index (χ3n) is 3.05. The number of nitrogens with zero attached hydrogens (tertiary/aromatic N) is 1. The third kappa shape index (κ3) is 1.95. The van der Waals surface area contributed by atoms with E-state index in [0.717, 1.165) is 25.0 Å². The van der Waals surface area contributed by atoms with E-state index < -0.39 is 0 Å². The van der Waals surface area contributed by atoms with Crippen LogP contribution in [-0.2, 0) is 0 Å². The molecule has 1 heterocycles. The molecule has 1 aromatic heterocycles. The second-order valence-electron chi connectivity index (χ2n) is 4.22. The molecular formula is C12H17NO. The first-order valence-corrected chi connectivity index (χ1v) is 5.38. The molecule has 1 aliphatic rings. The molecule has 0 aromatic carbocycles. The smallest absolute Gasteiger partial charge is 0.0623 e. The summed E-state index contributed by atoms with van der Waals surface area (Å²) in [5.41, 5.74) is 2.30. The molecule has 1 aliphatic carbocycles. The van der Waals surface area contributed by atoms with Crippen molar-refractivity contribution in [3.8, 4) is 0 Å². The summed E-state index contributed by atoms with van der Waals surface area (Å²) in [5.74, 6) is 0.267. The fourth-order valence-electron chi connectivity index (χ4n) is 2.22. The molecule has 14 heavy (non-hydrogen) atoms. The molecule has 2 nitrogen and oxygen atoms in total. The van der Waals surface area contributed by atoms with Gasteiger partial charge in [0.05, 0.1) is 6.10 Å². The number of rotatable bonds is 1. The minimum atomic E-state index is -0.182. The SMILES string of the molecule is Cc1ccnc([C@H]2CCCC[C@@H]2O)c1. The number of aromatic nitrogens is 1. The van der Waals surface area contributed by atoms with Gasteiger partial charge >= 0.3 is 0 Å². The van der Waals surface area contributed by atoms with Crippen molar-refractivity contribution in [1.82, 2.24) is 4.98 Å². The molecule has 2 rings (SSSR count). The highest BCUT2D eigenvalue weighted by molar-refractivity contribution is 5.19. The quantitative estimate of drug-likeness (QED) is 0.739. The van der Waals surface area contributed by atoms with E-state index in [0.29, 0.717) is 0 Å². The fourth-order valence-corrected chi connectivity index (χ4v) is 2.22. The van der Waals surface area contributed by atoms with Crippen molar-refractivity contribution in [3.63, 3.8) is 0 Å². The lowest BCUT2D eigenvalue weighted by molar-refractivity contribution is 0.104. The van der Waals surface area contributed by atoms with Gasteiger partial charge in [0.25, 0.3) is 0 Å². The maximum Gasteiger partial charge on any atom is 0.0623 e. The zero-order valence-electron chi connectivity index (χ0n) is 8.61. The summed E-state index contributed by atoms with van der Waals surface area (Å²) in [6, 6.07) is 4.10. The molecule has 1 aromatic rings. The number of pyridine rings is 1. The summed E-state index contributed by atoms with van der Waals surface area (Å²) in [6.07, 6.45) is 6.04. The highest BCUT2D eigenvalue weighted by atomic mass is 16.3. The second kappa shape index (κ2) is 4.09. The number of aliphatic hydroxyl groups is 1. The van der Waals surface area contributed by atoms with Crippen LogP contribution in [0.5, 0.6) is 0 Å². The summed E-state index contributed by atoms with van der Waals surface area (Å²) in [6.45, 7) is 2.07. The van der Waals surface area contributed by atoms with Crippen LogP contribution in [-0.4, -0.2) is 16.2 Å². The Morgan fingerprint density at radius 2 is 2.14 bits per heavy atom. The summed E-state index contributed by atoms with van der Waals surface area (Å²) in [7, 11) is 0. The molecule has 0 unspecified atom stereocenters. The van der Waals surface area contributed by atoms with E-state index in [1.54, 1.807) is 0 Å². The molecule has 2 heteroatoms. The van der Waals surface area contributed by atoms with E-state index in [9.17, 15) is 5.11 Å². The normalized spacial score (nSPS) is 27.6. The predicted molar refractivity (Wildman–Crippen MR) is 56.2 cm³/mol. The standard InChI is InChI=1S/C12H17NO/c1-9-6-7-13-11(8-9)10-4-2-3-5-12(10)14/h6-8,10,12,14H,2-5H2,1H3/t10-,12+/m1/s1. The van der Waals surface area contributed by atoms with Crippen molar-refractivity contribution in [2.75, 3.05) is 0 Å². The van der Waals surface area contributed by atoms with E-state index >= 15 is 0 Å². The first-order chi connectivity index (χ1) is 6.77. The van der Waals surface area contributed by atoms with E-state index in [4.69, 9.17) is 0 Å². The van der Waals surface area contributed by atoms with Gasteiger partial charge in [-0.15, -0.1) is 0 Å². The molecule has 76 valence electrons. The van der Waals surface area contributed by atoms with Crippen molar-refractivity contribution in [2.45, 2.75) is 44.6 Å². The number of aliphatic hydroxyl groups excluding tert-OH is 1. The summed E-state index contributed by atoms with van der Waals surface area (Å²) >= 11 is 0. The third-order valence-corrected chi connectivity index (χ3v) is 3.05. The number of aryl methyl sites for hydroxylation is 1. The maximum atomic E-state index is 9.87. The highest BCUT2D eigenvalue weighted by Crippen LogP contribution is 2.31. The Kier molecular flexibility index (Phi) is 2.82. The zero-order chi connectivity index (χ0) is 9.97. The van der Waals surface area contributed by atoms with Gasteiger partial charge in [-0.2, -0.15) is 0 Å². The van der Waals surface area contributed by atoms with Gasteiger partial charge in [0, 0.05) is 17.8 Å². The lowest BCUT2D eigenvalue weighted by Crippen LogP contribution is -2.23. The van der Waals surface area contributed by atoms with Crippen molar-refractivity contribution < 1.29 is 5.11 Å². The molecule has 2 atom stereocenters. The van der Waals surface area contributed by atoms with Crippen LogP contribution in [0.15, 0.2) is 18.3 Å². The average molecular weight is 191 g/mol. The Balaban J connectivity index is 2.20. The average Bonchev–Trinajstić information content (AvgIpc) is 2.18. The van der Waals surface area contributed by atoms with Gasteiger partial charge in [-0.25, -0.2) is 0 Å². The summed E-state index contributed by atoms with van der Waals surface area (Å²) in [4.78, 5) is 4.35. The van der Waals surface area contributed by atoms with Gasteiger partial charge in [-0.1, -0.05) is 12.8 Å². The Bertz CT molecular complexity index is 311. The molecule has 0 aliphatic heterocycles. The van der Waals surface area contributed by atoms with Gasteiger partial charge in [0.15, 0.2) is 0 Å². The van der Waals surface area contributed by atoms with Crippen LogP contribution in [0.4, 0.5) is 0 Å². The zero-order valence-corrected chi connectivity index (χ0v) is 8.61. The molecule has 0 amide bonds. The van der Waals surface area contributed by atoms with E-state index in [1.807, 2.05) is 12.3 Å². The first-order valence-electron chi connectivity index (χ1n) is 5.38. The fraction of sp³-hybridized carbons (Fsp3) is 0.583. The van der Waals surface area contributed by atoms with Crippen LogP contribution in [0.25, 0.3) is 0 Å². The molecule has 1 fully saturated rings. The molecule has 0 saturated heterocycles. The monoisotopic (exact) mass is 191 g/mol. The minimum Gasteiger partial charge on any atom is -0.392 e. The van der Waals surface area contributed by atoms with Crippen molar-refractivity contribution in [1.29, 1.82) is 0 Å². The van der Waals surface area contributed by atoms with Crippen LogP contribution in [0.1, 0.15) is 42.9 Å². The molecule has 0 bridgehead atoms. The molecule has 0 spiro atoms. The maximum absolute atomic E-state index is 9.87. The molecule has 1 N–H and O–H groups in total. The van der Waals surface area contributed by atoms with Gasteiger partial charge in [0.2, 0.25) is 0 Å². The van der Waals surface area contributed by atoms with Crippen LogP contribution in [0.3, 0.4) is 0 Å². The Hall–Kier alpha value is -0.890. The lowest BCUT2D eigenvalue weighted by atomic mass is 9.84. The van der Waals surface area contributed by atoms with Crippen molar-refractivity contribution in [3.05, 3.63) is 29.6 Å². The van der Waals surface area contributed by atoms with Crippen molar-refractivity contribution in [2.24, 2.45) is 0 Å². The van der Waals surface area contributed by atoms with Gasteiger partial charge in [-0.05, 0) is 37.5 Å². The molecule has 1 saturated carbocycles. The Labute approximate surface area is 85.0 Å². The largest absolute Gasteiger partial charge is 0.392 e.